The number of hydrogen-bond acceptors (Lipinski definition) is 7. The van der Waals surface area contributed by atoms with Crippen LogP contribution >= 0.6 is 0 Å². The largest absolute Gasteiger partial charge is 0.508 e. The van der Waals surface area contributed by atoms with Crippen LogP contribution < -0.4 is 0 Å². The minimum absolute atomic E-state index is 0.00665. The number of esters is 1. The van der Waals surface area contributed by atoms with Gasteiger partial charge in [0, 0.05) is 23.5 Å². The molecule has 0 aliphatic carbocycles. The maximum Gasteiger partial charge on any atom is 0.338 e. The highest BCUT2D eigenvalue weighted by Gasteiger charge is 2.18. The van der Waals surface area contributed by atoms with Crippen LogP contribution in [0.1, 0.15) is 46.8 Å². The number of unbranched alkanes of at least 4 members (excludes halogenated alkanes) is 1. The average Bonchev–Trinajstić information content (AvgIpc) is 3.19. The predicted octanol–water partition coefficient (Wildman–Crippen LogP) is 4.62. The summed E-state index contributed by atoms with van der Waals surface area (Å²) in [4.78, 5) is 12.2. The smallest absolute Gasteiger partial charge is 0.338 e. The number of aliphatic hydroxyl groups is 1. The normalized spacial score (nSPS) is 12.1. The molecule has 0 bridgehead atoms. The minimum atomic E-state index is -1.03. The molecule has 8 heteroatoms. The molecular weight excluding hydrogens is 474 g/mol. The van der Waals surface area contributed by atoms with Gasteiger partial charge in [-0.1, -0.05) is 19.4 Å². The van der Waals surface area contributed by atoms with E-state index in [9.17, 15) is 30.3 Å². The lowest BCUT2D eigenvalue weighted by Gasteiger charge is -2.12. The predicted molar refractivity (Wildman–Crippen MR) is 139 cm³/mol. The topological polar surface area (TPSA) is 132 Å². The zero-order valence-corrected chi connectivity index (χ0v) is 20.6. The summed E-state index contributed by atoms with van der Waals surface area (Å²) in [5, 5.41) is 52.1. The Balaban J connectivity index is 1.53. The van der Waals surface area contributed by atoms with Crippen LogP contribution in [0.2, 0.25) is 0 Å². The fourth-order valence-electron chi connectivity index (χ4n) is 4.41. The molecule has 0 saturated carbocycles. The number of carbonyl (C=O) groups is 1. The quantitative estimate of drug-likeness (QED) is 0.199. The fourth-order valence-corrected chi connectivity index (χ4v) is 4.41. The Morgan fingerprint density at radius 2 is 1.70 bits per heavy atom. The molecule has 1 heterocycles. The number of benzene rings is 3. The van der Waals surface area contributed by atoms with Crippen molar-refractivity contribution in [1.29, 1.82) is 0 Å². The van der Waals surface area contributed by atoms with Crippen LogP contribution in [-0.2, 0) is 24.1 Å². The number of nitrogens with zero attached hydrogens (tertiary/aromatic N) is 1. The molecule has 1 atom stereocenters. The summed E-state index contributed by atoms with van der Waals surface area (Å²) in [6, 6.07) is 14.0. The monoisotopic (exact) mass is 505 g/mol. The molecule has 4 rings (SSSR count). The number of ether oxygens (including phenoxy) is 1. The van der Waals surface area contributed by atoms with Gasteiger partial charge in [0.15, 0.2) is 0 Å². The number of carbonyl (C=O) groups excluding carboxylic acids is 1. The van der Waals surface area contributed by atoms with Gasteiger partial charge in [-0.2, -0.15) is 0 Å². The van der Waals surface area contributed by atoms with Gasteiger partial charge in [0.2, 0.25) is 0 Å². The number of rotatable bonds is 10. The fraction of sp³-hybridized carbons (Fsp3) is 0.276. The van der Waals surface area contributed by atoms with Crippen molar-refractivity contribution in [3.05, 3.63) is 83.0 Å². The van der Waals surface area contributed by atoms with E-state index in [1.807, 2.05) is 4.57 Å². The lowest BCUT2D eigenvalue weighted by atomic mass is 10.0. The Kier molecular flexibility index (Phi) is 7.89. The van der Waals surface area contributed by atoms with E-state index in [2.05, 4.69) is 6.92 Å². The number of phenolic OH excluding ortho intramolecular Hbond substituents is 4. The first-order valence-corrected chi connectivity index (χ1v) is 12.2. The molecule has 0 aliphatic rings. The van der Waals surface area contributed by atoms with E-state index < -0.39 is 12.1 Å². The van der Waals surface area contributed by atoms with Crippen LogP contribution in [0.4, 0.5) is 0 Å². The summed E-state index contributed by atoms with van der Waals surface area (Å²) in [6.45, 7) is 1.99. The van der Waals surface area contributed by atoms with Crippen molar-refractivity contribution < 1.29 is 35.1 Å². The maximum atomic E-state index is 12.2. The molecule has 0 saturated heterocycles. The maximum absolute atomic E-state index is 12.2. The number of aliphatic hydroxyl groups excluding tert-OH is 1. The summed E-state index contributed by atoms with van der Waals surface area (Å²) < 4.78 is 7.03. The molecule has 0 spiro atoms. The van der Waals surface area contributed by atoms with Crippen LogP contribution in [0.15, 0.2) is 60.8 Å². The lowest BCUT2D eigenvalue weighted by Crippen LogP contribution is -2.21. The van der Waals surface area contributed by atoms with Crippen molar-refractivity contribution in [3.8, 4) is 23.0 Å². The Labute approximate surface area is 214 Å². The number of hydrogen-bond donors (Lipinski definition) is 5. The van der Waals surface area contributed by atoms with Crippen molar-refractivity contribution in [3.63, 3.8) is 0 Å². The van der Waals surface area contributed by atoms with Gasteiger partial charge in [-0.05, 0) is 72.5 Å². The summed E-state index contributed by atoms with van der Waals surface area (Å²) >= 11 is 0. The third-order valence-electron chi connectivity index (χ3n) is 6.30. The van der Waals surface area contributed by atoms with Crippen molar-refractivity contribution >= 4 is 16.9 Å². The van der Waals surface area contributed by atoms with Crippen LogP contribution in [0.5, 0.6) is 23.0 Å². The van der Waals surface area contributed by atoms with E-state index in [-0.39, 0.29) is 48.1 Å². The van der Waals surface area contributed by atoms with E-state index in [4.69, 9.17) is 4.74 Å². The number of phenols is 4. The molecule has 0 aliphatic heterocycles. The van der Waals surface area contributed by atoms with Gasteiger partial charge in [-0.3, -0.25) is 0 Å². The molecular formula is C29H31NO7. The van der Waals surface area contributed by atoms with Gasteiger partial charge in [-0.25, -0.2) is 4.79 Å². The van der Waals surface area contributed by atoms with Crippen LogP contribution in [0.25, 0.3) is 10.9 Å². The Hall–Kier alpha value is -4.17. The van der Waals surface area contributed by atoms with Gasteiger partial charge in [-0.15, -0.1) is 0 Å². The summed E-state index contributed by atoms with van der Waals surface area (Å²) in [7, 11) is 0. The lowest BCUT2D eigenvalue weighted by molar-refractivity contribution is 0.0259. The van der Waals surface area contributed by atoms with Crippen molar-refractivity contribution in [2.75, 3.05) is 6.61 Å². The summed E-state index contributed by atoms with van der Waals surface area (Å²) in [5.74, 6) is -0.653. The summed E-state index contributed by atoms with van der Waals surface area (Å²) in [5.41, 5.74) is 2.86. The van der Waals surface area contributed by atoms with Crippen LogP contribution in [0.3, 0.4) is 0 Å². The van der Waals surface area contributed by atoms with E-state index in [0.717, 1.165) is 30.3 Å². The molecule has 4 aromatic rings. The van der Waals surface area contributed by atoms with E-state index >= 15 is 0 Å². The van der Waals surface area contributed by atoms with Crippen LogP contribution in [-0.4, -0.2) is 48.8 Å². The molecule has 0 radical (unpaired) electrons. The third kappa shape index (κ3) is 6.16. The molecule has 37 heavy (non-hydrogen) atoms. The van der Waals surface area contributed by atoms with Gasteiger partial charge < -0.3 is 34.8 Å². The van der Waals surface area contributed by atoms with E-state index in [0.29, 0.717) is 16.5 Å². The number of fused-ring (bicyclic) bond motifs is 1. The minimum Gasteiger partial charge on any atom is -0.508 e. The number of aromatic hydroxyl groups is 4. The zero-order chi connectivity index (χ0) is 26.5. The molecule has 8 nitrogen and oxygen atoms in total. The Morgan fingerprint density at radius 3 is 2.41 bits per heavy atom. The molecule has 1 aromatic heterocycles. The van der Waals surface area contributed by atoms with Crippen LogP contribution in [0, 0.1) is 0 Å². The highest BCUT2D eigenvalue weighted by molar-refractivity contribution is 5.90. The second-order valence-electron chi connectivity index (χ2n) is 9.21. The molecule has 5 N–H and O–H groups in total. The zero-order valence-electron chi connectivity index (χ0n) is 20.6. The summed E-state index contributed by atoms with van der Waals surface area (Å²) in [6.07, 6.45) is 3.63. The first kappa shape index (κ1) is 25.9. The highest BCUT2D eigenvalue weighted by atomic mass is 16.5. The van der Waals surface area contributed by atoms with Crippen molar-refractivity contribution in [2.45, 2.75) is 45.3 Å². The Morgan fingerprint density at radius 1 is 0.973 bits per heavy atom. The second-order valence-corrected chi connectivity index (χ2v) is 9.21. The molecule has 194 valence electrons. The second kappa shape index (κ2) is 11.3. The molecule has 0 amide bonds. The van der Waals surface area contributed by atoms with Crippen molar-refractivity contribution in [2.24, 2.45) is 0 Å². The van der Waals surface area contributed by atoms with Crippen molar-refractivity contribution in [1.82, 2.24) is 4.57 Å². The highest BCUT2D eigenvalue weighted by Crippen LogP contribution is 2.33. The third-order valence-corrected chi connectivity index (χ3v) is 6.30. The average molecular weight is 506 g/mol. The van der Waals surface area contributed by atoms with E-state index in [1.54, 1.807) is 36.5 Å². The standard InChI is InChI=1S/C29H31NO7/c1-2-3-5-18-10-27(34)25(28(35)11-18)16-30-15-20(24-14-22(32)8-9-26(24)30)13-23(33)17-37-29(36)19-6-4-7-21(31)12-19/h4,6-12,14-15,23,31-35H,2-3,5,13,16-17H2,1H3/t23-/m0/s1. The van der Waals surface area contributed by atoms with Gasteiger partial charge in [0.05, 0.1) is 23.8 Å². The first-order chi connectivity index (χ1) is 17.7. The molecule has 0 fully saturated rings. The number of aromatic nitrogens is 1. The SMILES string of the molecule is CCCCc1cc(O)c(Cn2cc(C[C@H](O)COC(=O)c3cccc(O)c3)c3cc(O)ccc32)c(O)c1. The van der Waals surface area contributed by atoms with E-state index in [1.165, 1.54) is 24.3 Å². The van der Waals surface area contributed by atoms with Gasteiger partial charge in [0.1, 0.15) is 29.6 Å². The molecule has 0 unspecified atom stereocenters. The Bertz CT molecular complexity index is 1390. The molecule has 3 aromatic carbocycles. The van der Waals surface area contributed by atoms with Gasteiger partial charge >= 0.3 is 5.97 Å². The van der Waals surface area contributed by atoms with Gasteiger partial charge in [0.25, 0.3) is 0 Å². The first-order valence-electron chi connectivity index (χ1n) is 12.2. The number of aryl methyl sites for hydroxylation is 1.